The second kappa shape index (κ2) is 5.08. The highest BCUT2D eigenvalue weighted by molar-refractivity contribution is 6.88. The van der Waals surface area contributed by atoms with Gasteiger partial charge >= 0.3 is 0 Å². The quantitative estimate of drug-likeness (QED) is 0.689. The molecule has 3 heteroatoms. The van der Waals surface area contributed by atoms with Crippen molar-refractivity contribution in [3.8, 4) is 11.5 Å². The molecule has 0 aliphatic carbocycles. The van der Waals surface area contributed by atoms with Gasteiger partial charge in [0.1, 0.15) is 11.5 Å². The van der Waals surface area contributed by atoms with Crippen LogP contribution in [0.25, 0.3) is 10.9 Å². The summed E-state index contributed by atoms with van der Waals surface area (Å²) in [5, 5.41) is 2.62. The third kappa shape index (κ3) is 2.88. The molecule has 0 amide bonds. The molecule has 0 unspecified atom stereocenters. The van der Waals surface area contributed by atoms with Crippen molar-refractivity contribution < 1.29 is 4.74 Å². The summed E-state index contributed by atoms with van der Waals surface area (Å²) in [7, 11) is -1.33. The summed E-state index contributed by atoms with van der Waals surface area (Å²) in [5.74, 6) is 1.77. The number of H-pyrrole nitrogens is 1. The summed E-state index contributed by atoms with van der Waals surface area (Å²) in [4.78, 5) is 3.60. The predicted molar refractivity (Wildman–Crippen MR) is 92.5 cm³/mol. The first kappa shape index (κ1) is 14.0. The van der Waals surface area contributed by atoms with Crippen LogP contribution in [0.3, 0.4) is 0 Å². The molecule has 0 spiro atoms. The summed E-state index contributed by atoms with van der Waals surface area (Å²) < 4.78 is 5.96. The number of aromatic nitrogens is 1. The van der Waals surface area contributed by atoms with Crippen molar-refractivity contribution in [1.82, 2.24) is 4.98 Å². The van der Waals surface area contributed by atoms with E-state index in [2.05, 4.69) is 49.7 Å². The lowest BCUT2D eigenvalue weighted by Gasteiger charge is -2.12. The standard InChI is InChI=1S/C18H21NOSi/c1-13-10-16(20-15-8-6-5-7-9-15)11-14-12-17(19-18(13)14)21(2,3)4/h5-12,19H,1-4H3. The second-order valence-electron chi connectivity index (χ2n) is 6.55. The first-order valence-electron chi connectivity index (χ1n) is 7.30. The molecule has 0 atom stereocenters. The van der Waals surface area contributed by atoms with Crippen LogP contribution in [0.5, 0.6) is 11.5 Å². The molecule has 21 heavy (non-hydrogen) atoms. The molecule has 0 fully saturated rings. The van der Waals surface area contributed by atoms with Crippen molar-refractivity contribution in [2.75, 3.05) is 0 Å². The van der Waals surface area contributed by atoms with Gasteiger partial charge in [-0.1, -0.05) is 37.8 Å². The van der Waals surface area contributed by atoms with Gasteiger partial charge < -0.3 is 9.72 Å². The molecular weight excluding hydrogens is 274 g/mol. The number of rotatable bonds is 3. The number of nitrogens with one attached hydrogen (secondary N) is 1. The van der Waals surface area contributed by atoms with Gasteiger partial charge in [0.15, 0.2) is 0 Å². The van der Waals surface area contributed by atoms with Crippen LogP contribution >= 0.6 is 0 Å². The number of ether oxygens (including phenoxy) is 1. The van der Waals surface area contributed by atoms with Crippen LogP contribution in [0, 0.1) is 6.92 Å². The molecule has 3 rings (SSSR count). The van der Waals surface area contributed by atoms with Crippen molar-refractivity contribution in [2.24, 2.45) is 0 Å². The maximum absolute atomic E-state index is 5.96. The largest absolute Gasteiger partial charge is 0.457 e. The minimum absolute atomic E-state index is 0.872. The molecule has 0 aliphatic heterocycles. The van der Waals surface area contributed by atoms with Crippen LogP contribution in [0.15, 0.2) is 48.5 Å². The van der Waals surface area contributed by atoms with Crippen molar-refractivity contribution >= 4 is 24.3 Å². The number of aryl methyl sites for hydroxylation is 1. The Morgan fingerprint density at radius 2 is 1.62 bits per heavy atom. The molecule has 1 N–H and O–H groups in total. The van der Waals surface area contributed by atoms with E-state index in [9.17, 15) is 0 Å². The Hall–Kier alpha value is -2.00. The van der Waals surface area contributed by atoms with Crippen LogP contribution in [0.2, 0.25) is 19.6 Å². The summed E-state index contributed by atoms with van der Waals surface area (Å²) in [6.45, 7) is 9.20. The molecule has 1 aromatic heterocycles. The molecule has 0 radical (unpaired) electrons. The maximum atomic E-state index is 5.96. The smallest absolute Gasteiger partial charge is 0.128 e. The van der Waals surface area contributed by atoms with Gasteiger partial charge in [-0.05, 0) is 48.1 Å². The van der Waals surface area contributed by atoms with E-state index in [1.165, 1.54) is 21.8 Å². The maximum Gasteiger partial charge on any atom is 0.128 e. The summed E-state index contributed by atoms with van der Waals surface area (Å²) in [5.41, 5.74) is 2.45. The fraction of sp³-hybridized carbons (Fsp3) is 0.222. The van der Waals surface area contributed by atoms with E-state index in [0.717, 1.165) is 11.5 Å². The average molecular weight is 295 g/mol. The summed E-state index contributed by atoms with van der Waals surface area (Å²) in [6.07, 6.45) is 0. The molecular formula is C18H21NOSi. The number of hydrogen-bond donors (Lipinski definition) is 1. The van der Waals surface area contributed by atoms with Crippen molar-refractivity contribution in [3.05, 3.63) is 54.1 Å². The molecule has 0 aliphatic rings. The fourth-order valence-electron chi connectivity index (χ4n) is 2.48. The Kier molecular flexibility index (Phi) is 3.37. The first-order valence-corrected chi connectivity index (χ1v) is 10.8. The van der Waals surface area contributed by atoms with Crippen molar-refractivity contribution in [2.45, 2.75) is 26.6 Å². The van der Waals surface area contributed by atoms with Gasteiger partial charge in [-0.2, -0.15) is 0 Å². The van der Waals surface area contributed by atoms with Gasteiger partial charge in [0.05, 0.1) is 8.07 Å². The van der Waals surface area contributed by atoms with E-state index in [0.29, 0.717) is 0 Å². The van der Waals surface area contributed by atoms with Gasteiger partial charge in [0, 0.05) is 10.9 Å². The van der Waals surface area contributed by atoms with E-state index in [-0.39, 0.29) is 0 Å². The van der Waals surface area contributed by atoms with Gasteiger partial charge in [0.2, 0.25) is 0 Å². The number of aromatic amines is 1. The van der Waals surface area contributed by atoms with E-state index >= 15 is 0 Å². The van der Waals surface area contributed by atoms with Gasteiger partial charge in [-0.3, -0.25) is 0 Å². The molecule has 0 saturated heterocycles. The van der Waals surface area contributed by atoms with Crippen molar-refractivity contribution in [1.29, 1.82) is 0 Å². The molecule has 1 heterocycles. The number of fused-ring (bicyclic) bond motifs is 1. The number of para-hydroxylation sites is 1. The average Bonchev–Trinajstić information content (AvgIpc) is 2.84. The molecule has 0 saturated carbocycles. The fourth-order valence-corrected chi connectivity index (χ4v) is 3.57. The lowest BCUT2D eigenvalue weighted by molar-refractivity contribution is 0.483. The molecule has 2 nitrogen and oxygen atoms in total. The Balaban J connectivity index is 2.02. The zero-order valence-corrected chi connectivity index (χ0v) is 14.0. The highest BCUT2D eigenvalue weighted by Gasteiger charge is 2.19. The zero-order valence-electron chi connectivity index (χ0n) is 13.0. The summed E-state index contributed by atoms with van der Waals surface area (Å²) >= 11 is 0. The zero-order chi connectivity index (χ0) is 15.0. The molecule has 2 aromatic carbocycles. The van der Waals surface area contributed by atoms with E-state index in [1.807, 2.05) is 30.3 Å². The number of hydrogen-bond acceptors (Lipinski definition) is 1. The summed E-state index contributed by atoms with van der Waals surface area (Å²) in [6, 6.07) is 16.4. The van der Waals surface area contributed by atoms with Gasteiger partial charge in [0.25, 0.3) is 0 Å². The monoisotopic (exact) mass is 295 g/mol. The predicted octanol–water partition coefficient (Wildman–Crippen LogP) is 4.81. The lowest BCUT2D eigenvalue weighted by atomic mass is 10.1. The van der Waals surface area contributed by atoms with E-state index < -0.39 is 8.07 Å². The molecule has 108 valence electrons. The van der Waals surface area contributed by atoms with E-state index in [1.54, 1.807) is 0 Å². The Labute approximate surface area is 126 Å². The topological polar surface area (TPSA) is 25.0 Å². The number of benzene rings is 2. The lowest BCUT2D eigenvalue weighted by Crippen LogP contribution is -2.38. The third-order valence-electron chi connectivity index (χ3n) is 3.69. The van der Waals surface area contributed by atoms with Crippen LogP contribution in [-0.4, -0.2) is 13.1 Å². The second-order valence-corrected chi connectivity index (χ2v) is 11.6. The first-order chi connectivity index (χ1) is 9.93. The normalized spacial score (nSPS) is 11.8. The van der Waals surface area contributed by atoms with Gasteiger partial charge in [-0.15, -0.1) is 0 Å². The highest BCUT2D eigenvalue weighted by Crippen LogP contribution is 2.28. The van der Waals surface area contributed by atoms with Gasteiger partial charge in [-0.25, -0.2) is 0 Å². The Bertz CT molecular complexity index is 769. The highest BCUT2D eigenvalue weighted by atomic mass is 28.3. The molecule has 0 bridgehead atoms. The third-order valence-corrected chi connectivity index (χ3v) is 5.57. The Morgan fingerprint density at radius 3 is 2.29 bits per heavy atom. The van der Waals surface area contributed by atoms with Crippen LogP contribution in [0.1, 0.15) is 5.56 Å². The van der Waals surface area contributed by atoms with Crippen LogP contribution in [-0.2, 0) is 0 Å². The van der Waals surface area contributed by atoms with E-state index in [4.69, 9.17) is 4.74 Å². The Morgan fingerprint density at radius 1 is 0.905 bits per heavy atom. The van der Waals surface area contributed by atoms with Crippen molar-refractivity contribution in [3.63, 3.8) is 0 Å². The minimum Gasteiger partial charge on any atom is -0.457 e. The molecule has 3 aromatic rings. The SMILES string of the molecule is Cc1cc(Oc2ccccc2)cc2cc([Si](C)(C)C)[nH]c12. The minimum atomic E-state index is -1.33. The van der Waals surface area contributed by atoms with Crippen LogP contribution in [0.4, 0.5) is 0 Å². The van der Waals surface area contributed by atoms with Crippen LogP contribution < -0.4 is 10.1 Å².